The van der Waals surface area contributed by atoms with Crippen LogP contribution in [0.5, 0.6) is 0 Å². The number of anilines is 2. The molecule has 2 aromatic rings. The molecule has 0 unspecified atom stereocenters. The first-order chi connectivity index (χ1) is 13.7. The van der Waals surface area contributed by atoms with Crippen LogP contribution in [0.2, 0.25) is 0 Å². The number of nitrogens with one attached hydrogen (secondary N) is 1. The Kier molecular flexibility index (Phi) is 12.4. The third-order valence-electron chi connectivity index (χ3n) is 5.08. The van der Waals surface area contributed by atoms with Crippen LogP contribution >= 0.6 is 24.8 Å². The molecule has 166 valence electrons. The van der Waals surface area contributed by atoms with Gasteiger partial charge in [0, 0.05) is 32.7 Å². The first kappa shape index (κ1) is 26.2. The second kappa shape index (κ2) is 14.2. The van der Waals surface area contributed by atoms with Gasteiger partial charge in [0.2, 0.25) is 5.91 Å². The summed E-state index contributed by atoms with van der Waals surface area (Å²) < 4.78 is 0. The largest absolute Gasteiger partial charge is 0.357 e. The van der Waals surface area contributed by atoms with Crippen LogP contribution in [0, 0.1) is 0 Å². The summed E-state index contributed by atoms with van der Waals surface area (Å²) >= 11 is 0. The Hall–Kier alpha value is -1.86. The molecule has 3 rings (SSSR count). The van der Waals surface area contributed by atoms with Crippen molar-refractivity contribution in [3.63, 3.8) is 0 Å². The van der Waals surface area contributed by atoms with E-state index in [0.29, 0.717) is 19.6 Å². The van der Waals surface area contributed by atoms with Gasteiger partial charge in [-0.25, -0.2) is 4.98 Å². The van der Waals surface area contributed by atoms with Gasteiger partial charge in [0.25, 0.3) is 0 Å². The predicted molar refractivity (Wildman–Crippen MR) is 129 cm³/mol. The van der Waals surface area contributed by atoms with Crippen molar-refractivity contribution in [2.75, 3.05) is 49.5 Å². The van der Waals surface area contributed by atoms with Crippen LogP contribution in [-0.4, -0.2) is 55.1 Å². The monoisotopic (exact) mass is 453 g/mol. The number of piperidine rings is 1. The number of nitrogens with zero attached hydrogens (tertiary/aromatic N) is 3. The van der Waals surface area contributed by atoms with Crippen LogP contribution < -0.4 is 16.0 Å². The van der Waals surface area contributed by atoms with Crippen molar-refractivity contribution < 1.29 is 4.79 Å². The van der Waals surface area contributed by atoms with E-state index in [9.17, 15) is 4.79 Å². The van der Waals surface area contributed by atoms with E-state index < -0.39 is 0 Å². The fourth-order valence-corrected chi connectivity index (χ4v) is 3.56. The first-order valence-corrected chi connectivity index (χ1v) is 10.2. The van der Waals surface area contributed by atoms with E-state index >= 15 is 0 Å². The highest BCUT2D eigenvalue weighted by atomic mass is 35.5. The number of hydrogen-bond acceptors (Lipinski definition) is 5. The molecule has 1 fully saturated rings. The van der Waals surface area contributed by atoms with Crippen molar-refractivity contribution in [3.05, 3.63) is 54.2 Å². The highest BCUT2D eigenvalue weighted by Gasteiger charge is 2.13. The van der Waals surface area contributed by atoms with E-state index in [1.165, 1.54) is 24.8 Å². The number of benzene rings is 1. The van der Waals surface area contributed by atoms with Gasteiger partial charge in [0.15, 0.2) is 0 Å². The van der Waals surface area contributed by atoms with Crippen LogP contribution in [0.4, 0.5) is 11.5 Å². The molecule has 0 saturated carbocycles. The molecule has 1 aliphatic heterocycles. The number of halogens is 2. The maximum Gasteiger partial charge on any atom is 0.238 e. The quantitative estimate of drug-likeness (QED) is 0.608. The van der Waals surface area contributed by atoms with E-state index in [1.807, 2.05) is 30.3 Å². The topological polar surface area (TPSA) is 74.5 Å². The van der Waals surface area contributed by atoms with Gasteiger partial charge in [0.05, 0.1) is 18.4 Å². The Labute approximate surface area is 192 Å². The van der Waals surface area contributed by atoms with Crippen molar-refractivity contribution in [3.8, 4) is 0 Å². The van der Waals surface area contributed by atoms with E-state index in [4.69, 9.17) is 5.73 Å². The van der Waals surface area contributed by atoms with Crippen LogP contribution in [0.1, 0.15) is 24.8 Å². The second-order valence-corrected chi connectivity index (χ2v) is 7.30. The van der Waals surface area contributed by atoms with E-state index in [1.54, 1.807) is 6.20 Å². The maximum atomic E-state index is 12.5. The molecule has 0 spiro atoms. The number of carbonyl (C=O) groups is 1. The molecule has 6 nitrogen and oxygen atoms in total. The second-order valence-electron chi connectivity index (χ2n) is 7.30. The lowest BCUT2D eigenvalue weighted by atomic mass is 10.1. The Morgan fingerprint density at radius 3 is 2.40 bits per heavy atom. The molecule has 1 aromatic heterocycles. The molecular weight excluding hydrogens is 421 g/mol. The SMILES string of the molecule is Cl.Cl.NCCN(CCc1ccccc1)CC(=O)Nc1ccc(N2CCCCC2)nc1. The molecule has 0 radical (unpaired) electrons. The van der Waals surface area contributed by atoms with Gasteiger partial charge in [0.1, 0.15) is 5.82 Å². The van der Waals surface area contributed by atoms with Crippen molar-refractivity contribution in [1.29, 1.82) is 0 Å². The summed E-state index contributed by atoms with van der Waals surface area (Å²) in [7, 11) is 0. The third-order valence-corrected chi connectivity index (χ3v) is 5.08. The minimum Gasteiger partial charge on any atom is -0.357 e. The van der Waals surface area contributed by atoms with E-state index in [-0.39, 0.29) is 30.7 Å². The molecule has 0 aliphatic carbocycles. The standard InChI is InChI=1S/C22H31N5O.2ClH/c23-12-16-26(15-11-19-7-3-1-4-8-19)18-22(28)25-20-9-10-21(24-17-20)27-13-5-2-6-14-27;;/h1,3-4,7-10,17H,2,5-6,11-16,18,23H2,(H,25,28);2*1H. The van der Waals surface area contributed by atoms with Gasteiger partial charge in [-0.2, -0.15) is 0 Å². The summed E-state index contributed by atoms with van der Waals surface area (Å²) in [6, 6.07) is 14.2. The minimum atomic E-state index is -0.0333. The normalized spacial score (nSPS) is 13.3. The van der Waals surface area contributed by atoms with Gasteiger partial charge in [-0.1, -0.05) is 30.3 Å². The summed E-state index contributed by atoms with van der Waals surface area (Å²) in [5.41, 5.74) is 7.73. The zero-order valence-electron chi connectivity index (χ0n) is 17.3. The molecule has 30 heavy (non-hydrogen) atoms. The molecule has 8 heteroatoms. The van der Waals surface area contributed by atoms with Crippen LogP contribution in [0.3, 0.4) is 0 Å². The highest BCUT2D eigenvalue weighted by molar-refractivity contribution is 5.92. The van der Waals surface area contributed by atoms with Gasteiger partial charge in [-0.15, -0.1) is 24.8 Å². The zero-order chi connectivity index (χ0) is 19.6. The number of hydrogen-bond donors (Lipinski definition) is 2. The molecular formula is C22H33Cl2N5O. The summed E-state index contributed by atoms with van der Waals surface area (Å²) in [5, 5.41) is 2.96. The van der Waals surface area contributed by atoms with E-state index in [0.717, 1.165) is 37.6 Å². The summed E-state index contributed by atoms with van der Waals surface area (Å²) in [5.74, 6) is 0.958. The lowest BCUT2D eigenvalue weighted by molar-refractivity contribution is -0.117. The molecule has 0 atom stereocenters. The lowest BCUT2D eigenvalue weighted by Crippen LogP contribution is -2.38. The number of carbonyl (C=O) groups excluding carboxylic acids is 1. The minimum absolute atomic E-state index is 0. The molecule has 0 bridgehead atoms. The summed E-state index contributed by atoms with van der Waals surface area (Å²) in [4.78, 5) is 21.4. The van der Waals surface area contributed by atoms with Crippen LogP contribution in [-0.2, 0) is 11.2 Å². The molecule has 1 amide bonds. The van der Waals surface area contributed by atoms with Crippen LogP contribution in [0.25, 0.3) is 0 Å². The molecule has 1 saturated heterocycles. The zero-order valence-corrected chi connectivity index (χ0v) is 19.0. The number of nitrogens with two attached hydrogens (primary N) is 1. The van der Waals surface area contributed by atoms with Gasteiger partial charge in [-0.3, -0.25) is 9.69 Å². The first-order valence-electron chi connectivity index (χ1n) is 10.2. The number of pyridine rings is 1. The van der Waals surface area contributed by atoms with Crippen molar-refractivity contribution in [1.82, 2.24) is 9.88 Å². The molecule has 1 aliphatic rings. The number of aromatic nitrogens is 1. The van der Waals surface area contributed by atoms with E-state index in [2.05, 4.69) is 32.2 Å². The lowest BCUT2D eigenvalue weighted by Gasteiger charge is -2.27. The molecule has 1 aromatic carbocycles. The third kappa shape index (κ3) is 8.48. The summed E-state index contributed by atoms with van der Waals surface area (Å²) in [6.45, 7) is 4.50. The molecule has 2 heterocycles. The molecule has 3 N–H and O–H groups in total. The average Bonchev–Trinajstić information content (AvgIpc) is 2.74. The summed E-state index contributed by atoms with van der Waals surface area (Å²) in [6.07, 6.45) is 6.40. The van der Waals surface area contributed by atoms with Crippen molar-refractivity contribution in [2.24, 2.45) is 5.73 Å². The highest BCUT2D eigenvalue weighted by Crippen LogP contribution is 2.18. The van der Waals surface area contributed by atoms with Gasteiger partial charge in [-0.05, 0) is 43.4 Å². The maximum absolute atomic E-state index is 12.5. The Balaban J connectivity index is 0.00000225. The van der Waals surface area contributed by atoms with Crippen LogP contribution in [0.15, 0.2) is 48.7 Å². The predicted octanol–water partition coefficient (Wildman–Crippen LogP) is 3.36. The fraction of sp³-hybridized carbons (Fsp3) is 0.455. The van der Waals surface area contributed by atoms with Crippen molar-refractivity contribution >= 4 is 42.2 Å². The van der Waals surface area contributed by atoms with Crippen molar-refractivity contribution in [2.45, 2.75) is 25.7 Å². The average molecular weight is 454 g/mol. The number of rotatable bonds is 9. The Morgan fingerprint density at radius 1 is 1.03 bits per heavy atom. The smallest absolute Gasteiger partial charge is 0.238 e. The Morgan fingerprint density at radius 2 is 1.77 bits per heavy atom. The Bertz CT molecular complexity index is 724. The fourth-order valence-electron chi connectivity index (χ4n) is 3.56. The van der Waals surface area contributed by atoms with Gasteiger partial charge < -0.3 is 16.0 Å². The number of amides is 1. The van der Waals surface area contributed by atoms with Gasteiger partial charge >= 0.3 is 0 Å².